The van der Waals surface area contributed by atoms with Crippen LogP contribution in [-0.4, -0.2) is 28.9 Å². The highest BCUT2D eigenvalue weighted by Crippen LogP contribution is 2.22. The minimum atomic E-state index is -0.378. The van der Waals surface area contributed by atoms with E-state index < -0.39 is 0 Å². The summed E-state index contributed by atoms with van der Waals surface area (Å²) >= 11 is 0. The van der Waals surface area contributed by atoms with Gasteiger partial charge in [-0.1, -0.05) is 24.3 Å². The quantitative estimate of drug-likeness (QED) is 0.527. The smallest absolute Gasteiger partial charge is 0.257 e. The van der Waals surface area contributed by atoms with Crippen molar-refractivity contribution in [2.45, 2.75) is 0 Å². The number of ether oxygens (including phenoxy) is 1. The lowest BCUT2D eigenvalue weighted by atomic mass is 10.1. The summed E-state index contributed by atoms with van der Waals surface area (Å²) in [5.74, 6) is -0.128. The number of amides is 2. The zero-order valence-corrected chi connectivity index (χ0v) is 16.1. The van der Waals surface area contributed by atoms with Crippen LogP contribution < -0.4 is 15.4 Å². The molecule has 0 spiro atoms. The number of para-hydroxylation sites is 1. The monoisotopic (exact) mass is 398 g/mol. The summed E-state index contributed by atoms with van der Waals surface area (Å²) in [6.45, 7) is 0. The second-order valence-electron chi connectivity index (χ2n) is 6.48. The minimum Gasteiger partial charge on any atom is -0.497 e. The molecule has 0 unspecified atom stereocenters. The van der Waals surface area contributed by atoms with Gasteiger partial charge in [-0.05, 0) is 30.3 Å². The topological polar surface area (TPSA) is 93.2 Å². The Morgan fingerprint density at radius 3 is 2.40 bits per heavy atom. The van der Waals surface area contributed by atoms with Crippen LogP contribution in [0.5, 0.6) is 5.75 Å². The Bertz CT molecular complexity index is 1230. The first-order valence-corrected chi connectivity index (χ1v) is 9.19. The van der Waals surface area contributed by atoms with E-state index in [0.29, 0.717) is 22.6 Å². The number of carbonyl (C=O) groups excluding carboxylic acids is 2. The fourth-order valence-electron chi connectivity index (χ4n) is 2.99. The van der Waals surface area contributed by atoms with E-state index in [1.54, 1.807) is 43.6 Å². The van der Waals surface area contributed by atoms with Crippen molar-refractivity contribution in [2.24, 2.45) is 0 Å². The Kier molecular flexibility index (Phi) is 5.34. The number of hydrogen-bond acceptors (Lipinski definition) is 5. The summed E-state index contributed by atoms with van der Waals surface area (Å²) in [7, 11) is 1.55. The van der Waals surface area contributed by atoms with Gasteiger partial charge in [0, 0.05) is 35.7 Å². The fraction of sp³-hybridized carbons (Fsp3) is 0.0435. The number of fused-ring (bicyclic) bond motifs is 1. The summed E-state index contributed by atoms with van der Waals surface area (Å²) in [5.41, 5.74) is 2.39. The molecule has 0 bridgehead atoms. The van der Waals surface area contributed by atoms with E-state index in [9.17, 15) is 9.59 Å². The maximum atomic E-state index is 12.7. The molecule has 0 aliphatic heterocycles. The van der Waals surface area contributed by atoms with E-state index >= 15 is 0 Å². The molecule has 0 aliphatic carbocycles. The van der Waals surface area contributed by atoms with Crippen molar-refractivity contribution in [1.82, 2.24) is 9.97 Å². The predicted octanol–water partition coefficient (Wildman–Crippen LogP) is 4.14. The standard InChI is InChI=1S/C23H18N4O3/c1-30-19-8-3-7-18(12-19)26-22(28)16-11-17(14-24-13-16)23(29)27-20-9-2-5-15-6-4-10-25-21(15)20/h2-14H,1H3,(H,26,28)(H,27,29). The second kappa shape index (κ2) is 8.40. The number of rotatable bonds is 5. The molecule has 7 nitrogen and oxygen atoms in total. The van der Waals surface area contributed by atoms with E-state index in [1.165, 1.54) is 18.5 Å². The van der Waals surface area contributed by atoms with Crippen molar-refractivity contribution in [1.29, 1.82) is 0 Å². The van der Waals surface area contributed by atoms with Crippen molar-refractivity contribution < 1.29 is 14.3 Å². The molecule has 7 heteroatoms. The number of pyridine rings is 2. The molecule has 2 amide bonds. The molecule has 4 aromatic rings. The zero-order chi connectivity index (χ0) is 20.9. The van der Waals surface area contributed by atoms with Crippen LogP contribution in [0, 0.1) is 0 Å². The van der Waals surface area contributed by atoms with Crippen LogP contribution in [-0.2, 0) is 0 Å². The van der Waals surface area contributed by atoms with Gasteiger partial charge < -0.3 is 15.4 Å². The second-order valence-corrected chi connectivity index (χ2v) is 6.48. The number of methoxy groups -OCH3 is 1. The zero-order valence-electron chi connectivity index (χ0n) is 16.1. The van der Waals surface area contributed by atoms with Crippen LogP contribution in [0.15, 0.2) is 79.3 Å². The molecule has 2 heterocycles. The Morgan fingerprint density at radius 1 is 0.867 bits per heavy atom. The van der Waals surface area contributed by atoms with Gasteiger partial charge in [0.1, 0.15) is 5.75 Å². The first kappa shape index (κ1) is 19.1. The minimum absolute atomic E-state index is 0.265. The summed E-state index contributed by atoms with van der Waals surface area (Å²) in [5, 5.41) is 6.53. The summed E-state index contributed by atoms with van der Waals surface area (Å²) in [6.07, 6.45) is 4.49. The van der Waals surface area contributed by atoms with Gasteiger partial charge in [-0.3, -0.25) is 19.6 Å². The molecular weight excluding hydrogens is 380 g/mol. The van der Waals surface area contributed by atoms with Gasteiger partial charge in [0.25, 0.3) is 11.8 Å². The molecule has 2 aromatic heterocycles. The number of aromatic nitrogens is 2. The number of hydrogen-bond donors (Lipinski definition) is 2. The number of benzene rings is 2. The van der Waals surface area contributed by atoms with Gasteiger partial charge in [0.05, 0.1) is 29.4 Å². The molecule has 2 aromatic carbocycles. The molecule has 30 heavy (non-hydrogen) atoms. The van der Waals surface area contributed by atoms with E-state index in [-0.39, 0.29) is 22.9 Å². The molecule has 2 N–H and O–H groups in total. The Labute approximate surface area is 172 Å². The van der Waals surface area contributed by atoms with Gasteiger partial charge >= 0.3 is 0 Å². The van der Waals surface area contributed by atoms with Crippen LogP contribution in [0.25, 0.3) is 10.9 Å². The van der Waals surface area contributed by atoms with Crippen LogP contribution >= 0.6 is 0 Å². The lowest BCUT2D eigenvalue weighted by Gasteiger charge is -2.09. The Balaban J connectivity index is 1.53. The Hall–Kier alpha value is -4.26. The summed E-state index contributed by atoms with van der Waals surface area (Å²) < 4.78 is 5.16. The first-order valence-electron chi connectivity index (χ1n) is 9.19. The number of carbonyl (C=O) groups is 2. The average Bonchev–Trinajstić information content (AvgIpc) is 2.79. The number of anilines is 2. The van der Waals surface area contributed by atoms with Crippen LogP contribution in [0.3, 0.4) is 0 Å². The normalized spacial score (nSPS) is 10.4. The summed E-state index contributed by atoms with van der Waals surface area (Å²) in [6, 6.07) is 17.8. The van der Waals surface area contributed by atoms with Crippen molar-refractivity contribution in [3.8, 4) is 5.75 Å². The van der Waals surface area contributed by atoms with Crippen molar-refractivity contribution in [3.63, 3.8) is 0 Å². The van der Waals surface area contributed by atoms with Gasteiger partial charge in [-0.2, -0.15) is 0 Å². The van der Waals surface area contributed by atoms with E-state index in [1.807, 2.05) is 24.3 Å². The van der Waals surface area contributed by atoms with Crippen LogP contribution in [0.2, 0.25) is 0 Å². The molecular formula is C23H18N4O3. The van der Waals surface area contributed by atoms with Crippen LogP contribution in [0.1, 0.15) is 20.7 Å². The van der Waals surface area contributed by atoms with Gasteiger partial charge in [0.2, 0.25) is 0 Å². The van der Waals surface area contributed by atoms with E-state index in [4.69, 9.17) is 4.74 Å². The Morgan fingerprint density at radius 2 is 1.60 bits per heavy atom. The highest BCUT2D eigenvalue weighted by atomic mass is 16.5. The molecule has 0 saturated heterocycles. The molecule has 0 radical (unpaired) electrons. The third-order valence-corrected chi connectivity index (χ3v) is 4.47. The molecule has 0 saturated carbocycles. The predicted molar refractivity (Wildman–Crippen MR) is 115 cm³/mol. The van der Waals surface area contributed by atoms with Gasteiger partial charge in [0.15, 0.2) is 0 Å². The van der Waals surface area contributed by atoms with E-state index in [2.05, 4.69) is 20.6 Å². The maximum absolute atomic E-state index is 12.7. The first-order chi connectivity index (χ1) is 14.6. The number of nitrogens with zero attached hydrogens (tertiary/aromatic N) is 2. The van der Waals surface area contributed by atoms with Crippen LogP contribution in [0.4, 0.5) is 11.4 Å². The largest absolute Gasteiger partial charge is 0.497 e. The van der Waals surface area contributed by atoms with Crippen molar-refractivity contribution >= 4 is 34.1 Å². The lowest BCUT2D eigenvalue weighted by molar-refractivity contribution is 0.102. The molecule has 148 valence electrons. The lowest BCUT2D eigenvalue weighted by Crippen LogP contribution is -2.16. The van der Waals surface area contributed by atoms with Crippen molar-refractivity contribution in [2.75, 3.05) is 17.7 Å². The van der Waals surface area contributed by atoms with Gasteiger partial charge in [-0.25, -0.2) is 0 Å². The third-order valence-electron chi connectivity index (χ3n) is 4.47. The molecule has 0 fully saturated rings. The molecule has 0 atom stereocenters. The average molecular weight is 398 g/mol. The number of nitrogens with one attached hydrogen (secondary N) is 2. The van der Waals surface area contributed by atoms with Gasteiger partial charge in [-0.15, -0.1) is 0 Å². The SMILES string of the molecule is COc1cccc(NC(=O)c2cncc(C(=O)Nc3cccc4cccnc34)c2)c1. The van der Waals surface area contributed by atoms with E-state index in [0.717, 1.165) is 5.39 Å². The highest BCUT2D eigenvalue weighted by Gasteiger charge is 2.13. The summed E-state index contributed by atoms with van der Waals surface area (Å²) in [4.78, 5) is 33.7. The molecule has 0 aliphatic rings. The fourth-order valence-corrected chi connectivity index (χ4v) is 2.99. The highest BCUT2D eigenvalue weighted by molar-refractivity contribution is 6.10. The third kappa shape index (κ3) is 4.10. The maximum Gasteiger partial charge on any atom is 0.257 e. The van der Waals surface area contributed by atoms with Crippen molar-refractivity contribution in [3.05, 3.63) is 90.4 Å². The molecule has 4 rings (SSSR count).